The molecule has 0 heterocycles. The van der Waals surface area contributed by atoms with Crippen LogP contribution in [0.1, 0.15) is 18.6 Å². The van der Waals surface area contributed by atoms with Gasteiger partial charge in [0.2, 0.25) is 5.91 Å². The van der Waals surface area contributed by atoms with Gasteiger partial charge in [0.15, 0.2) is 0 Å². The van der Waals surface area contributed by atoms with E-state index in [-0.39, 0.29) is 23.1 Å². The van der Waals surface area contributed by atoms with Gasteiger partial charge in [-0.05, 0) is 36.8 Å². The monoisotopic (exact) mass is 408 g/mol. The lowest BCUT2D eigenvalue weighted by Crippen LogP contribution is -2.17. The van der Waals surface area contributed by atoms with Crippen LogP contribution in [0.4, 0.5) is 11.4 Å². The molecule has 2 aromatic carbocycles. The Morgan fingerprint density at radius 3 is 2.59 bits per heavy atom. The molecule has 0 aliphatic rings. The average molecular weight is 409 g/mol. The molecule has 0 unspecified atom stereocenters. The molecule has 0 aliphatic heterocycles. The van der Waals surface area contributed by atoms with E-state index in [2.05, 4.69) is 5.32 Å². The van der Waals surface area contributed by atoms with Crippen LogP contribution in [-0.4, -0.2) is 28.3 Å². The number of nitrogens with zero attached hydrogens (tertiary/aromatic N) is 1. The summed E-state index contributed by atoms with van der Waals surface area (Å²) in [6.07, 6.45) is -0.624. The normalized spacial score (nSPS) is 11.5. The second kappa shape index (κ2) is 9.94. The highest BCUT2D eigenvalue weighted by atomic mass is 35.5. The van der Waals surface area contributed by atoms with Gasteiger partial charge in [-0.25, -0.2) is 0 Å². The first kappa shape index (κ1) is 20.7. The molecule has 2 aromatic rings. The van der Waals surface area contributed by atoms with Crippen LogP contribution in [0.25, 0.3) is 0 Å². The minimum atomic E-state index is -0.624. The van der Waals surface area contributed by atoms with Gasteiger partial charge in [-0.15, -0.1) is 11.8 Å². The molecule has 0 saturated carbocycles. The van der Waals surface area contributed by atoms with Crippen molar-refractivity contribution in [3.05, 3.63) is 69.2 Å². The number of amides is 1. The van der Waals surface area contributed by atoms with Crippen LogP contribution in [0.3, 0.4) is 0 Å². The Morgan fingerprint density at radius 2 is 1.93 bits per heavy atom. The van der Waals surface area contributed by atoms with E-state index >= 15 is 0 Å². The summed E-state index contributed by atoms with van der Waals surface area (Å²) in [5, 5.41) is 14.1. The molecule has 0 fully saturated rings. The minimum Gasteiger partial charge on any atom is -0.457 e. The zero-order valence-corrected chi connectivity index (χ0v) is 16.0. The highest BCUT2D eigenvalue weighted by Crippen LogP contribution is 2.22. The zero-order chi connectivity index (χ0) is 19.8. The van der Waals surface area contributed by atoms with Crippen LogP contribution in [0, 0.1) is 10.1 Å². The van der Waals surface area contributed by atoms with Gasteiger partial charge in [-0.2, -0.15) is 0 Å². The zero-order valence-electron chi connectivity index (χ0n) is 14.4. The first-order chi connectivity index (χ1) is 12.8. The maximum atomic E-state index is 11.9. The quantitative estimate of drug-likeness (QED) is 0.398. The highest BCUT2D eigenvalue weighted by Gasteiger charge is 2.15. The molecule has 7 nitrogen and oxygen atoms in total. The third-order valence-corrected chi connectivity index (χ3v) is 4.60. The van der Waals surface area contributed by atoms with Crippen molar-refractivity contribution in [1.82, 2.24) is 0 Å². The van der Waals surface area contributed by atoms with Gasteiger partial charge < -0.3 is 10.1 Å². The molecule has 0 radical (unpaired) electrons. The smallest absolute Gasteiger partial charge is 0.316 e. The highest BCUT2D eigenvalue weighted by molar-refractivity contribution is 8.00. The van der Waals surface area contributed by atoms with Gasteiger partial charge in [0.1, 0.15) is 6.10 Å². The standard InChI is InChI=1S/C18H17ClN2O5S/c1-12(13-3-2-4-16(9-13)21(24)25)26-18(23)11-27-10-17(22)20-15-7-5-14(19)6-8-15/h2-9,12H,10-11H2,1H3,(H,20,22)/t12-/m0/s1. The minimum absolute atomic E-state index is 0.00664. The molecule has 0 bridgehead atoms. The molecule has 1 atom stereocenters. The molecule has 142 valence electrons. The van der Waals surface area contributed by atoms with Gasteiger partial charge in [0.05, 0.1) is 16.4 Å². The fraction of sp³-hybridized carbons (Fsp3) is 0.222. The lowest BCUT2D eigenvalue weighted by Gasteiger charge is -2.13. The van der Waals surface area contributed by atoms with Gasteiger partial charge in [0, 0.05) is 22.8 Å². The van der Waals surface area contributed by atoms with Crippen molar-refractivity contribution in [2.75, 3.05) is 16.8 Å². The Kier molecular flexibility index (Phi) is 7.63. The number of nitro benzene ring substituents is 1. The predicted octanol–water partition coefficient (Wildman–Crippen LogP) is 4.22. The average Bonchev–Trinajstić information content (AvgIpc) is 2.63. The fourth-order valence-corrected chi connectivity index (χ4v) is 2.87. The maximum absolute atomic E-state index is 11.9. The summed E-state index contributed by atoms with van der Waals surface area (Å²) < 4.78 is 5.26. The third-order valence-electron chi connectivity index (χ3n) is 3.44. The number of benzene rings is 2. The summed E-state index contributed by atoms with van der Waals surface area (Å²) in [6, 6.07) is 12.6. The maximum Gasteiger partial charge on any atom is 0.316 e. The van der Waals surface area contributed by atoms with Crippen LogP contribution in [-0.2, 0) is 14.3 Å². The summed E-state index contributed by atoms with van der Waals surface area (Å²) in [5.41, 5.74) is 1.08. The number of rotatable bonds is 8. The first-order valence-electron chi connectivity index (χ1n) is 7.92. The molecular weight excluding hydrogens is 392 g/mol. The molecule has 9 heteroatoms. The number of nitro groups is 1. The largest absolute Gasteiger partial charge is 0.457 e. The topological polar surface area (TPSA) is 98.5 Å². The van der Waals surface area contributed by atoms with Crippen molar-refractivity contribution in [2.24, 2.45) is 0 Å². The number of ether oxygens (including phenoxy) is 1. The van der Waals surface area contributed by atoms with Crippen molar-refractivity contribution in [3.63, 3.8) is 0 Å². The van der Waals surface area contributed by atoms with Crippen LogP contribution in [0.15, 0.2) is 48.5 Å². The van der Waals surface area contributed by atoms with E-state index in [4.69, 9.17) is 16.3 Å². The molecule has 1 amide bonds. The first-order valence-corrected chi connectivity index (χ1v) is 9.45. The molecule has 0 aromatic heterocycles. The van der Waals surface area contributed by atoms with Crippen molar-refractivity contribution >= 4 is 46.6 Å². The van der Waals surface area contributed by atoms with Crippen molar-refractivity contribution in [2.45, 2.75) is 13.0 Å². The van der Waals surface area contributed by atoms with E-state index < -0.39 is 17.0 Å². The Balaban J connectivity index is 1.75. The Bertz CT molecular complexity index is 829. The van der Waals surface area contributed by atoms with Crippen LogP contribution in [0.2, 0.25) is 5.02 Å². The molecular formula is C18H17ClN2O5S. The van der Waals surface area contributed by atoms with Gasteiger partial charge in [-0.1, -0.05) is 23.7 Å². The molecule has 0 spiro atoms. The van der Waals surface area contributed by atoms with Crippen LogP contribution >= 0.6 is 23.4 Å². The summed E-state index contributed by atoms with van der Waals surface area (Å²) in [7, 11) is 0. The summed E-state index contributed by atoms with van der Waals surface area (Å²) in [5.74, 6) is -0.670. The fourth-order valence-electron chi connectivity index (χ4n) is 2.15. The van der Waals surface area contributed by atoms with Crippen molar-refractivity contribution in [3.8, 4) is 0 Å². The molecule has 1 N–H and O–H groups in total. The summed E-state index contributed by atoms with van der Waals surface area (Å²) >= 11 is 6.89. The summed E-state index contributed by atoms with van der Waals surface area (Å²) in [4.78, 5) is 34.0. The number of carbonyl (C=O) groups is 2. The van der Waals surface area contributed by atoms with Crippen molar-refractivity contribution in [1.29, 1.82) is 0 Å². The molecule has 0 aliphatic carbocycles. The number of nitrogens with one attached hydrogen (secondary N) is 1. The van der Waals surface area contributed by atoms with Crippen molar-refractivity contribution < 1.29 is 19.2 Å². The van der Waals surface area contributed by atoms with Gasteiger partial charge in [-0.3, -0.25) is 19.7 Å². The molecule has 0 saturated heterocycles. The number of carbonyl (C=O) groups excluding carboxylic acids is 2. The number of non-ortho nitro benzene ring substituents is 1. The number of anilines is 1. The third kappa shape index (κ3) is 6.92. The van der Waals surface area contributed by atoms with E-state index in [9.17, 15) is 19.7 Å². The second-order valence-corrected chi connectivity index (χ2v) is 6.95. The second-order valence-electron chi connectivity index (χ2n) is 5.53. The van der Waals surface area contributed by atoms with E-state index in [1.807, 2.05) is 0 Å². The SMILES string of the molecule is C[C@H](OC(=O)CSCC(=O)Nc1ccc(Cl)cc1)c1cccc([N+](=O)[O-])c1. The predicted molar refractivity (Wildman–Crippen MR) is 105 cm³/mol. The Labute approximate surface area is 165 Å². The lowest BCUT2D eigenvalue weighted by atomic mass is 10.1. The Morgan fingerprint density at radius 1 is 1.22 bits per heavy atom. The van der Waals surface area contributed by atoms with E-state index in [0.717, 1.165) is 11.8 Å². The van der Waals surface area contributed by atoms with Crippen LogP contribution in [0.5, 0.6) is 0 Å². The number of hydrogen-bond acceptors (Lipinski definition) is 6. The Hall–Kier alpha value is -2.58. The van der Waals surface area contributed by atoms with Crippen LogP contribution < -0.4 is 5.32 Å². The molecule has 2 rings (SSSR count). The van der Waals surface area contributed by atoms with Gasteiger partial charge >= 0.3 is 5.97 Å². The van der Waals surface area contributed by atoms with E-state index in [0.29, 0.717) is 16.3 Å². The number of hydrogen-bond donors (Lipinski definition) is 1. The number of thioether (sulfide) groups is 1. The van der Waals surface area contributed by atoms with E-state index in [1.54, 1.807) is 37.3 Å². The van der Waals surface area contributed by atoms with Gasteiger partial charge in [0.25, 0.3) is 5.69 Å². The van der Waals surface area contributed by atoms with E-state index in [1.165, 1.54) is 18.2 Å². The lowest BCUT2D eigenvalue weighted by molar-refractivity contribution is -0.385. The molecule has 27 heavy (non-hydrogen) atoms. The number of esters is 1. The summed E-state index contributed by atoms with van der Waals surface area (Å²) in [6.45, 7) is 1.63. The number of halogens is 1.